The van der Waals surface area contributed by atoms with Crippen molar-refractivity contribution in [1.29, 1.82) is 0 Å². The van der Waals surface area contributed by atoms with Crippen LogP contribution in [-0.2, 0) is 6.54 Å². The molecule has 1 heterocycles. The minimum atomic E-state index is -0.847. The van der Waals surface area contributed by atoms with E-state index in [2.05, 4.69) is 11.8 Å². The summed E-state index contributed by atoms with van der Waals surface area (Å²) in [6.45, 7) is 7.56. The molecule has 0 aliphatic carbocycles. The predicted octanol–water partition coefficient (Wildman–Crippen LogP) is 3.71. The van der Waals surface area contributed by atoms with Crippen LogP contribution in [0.3, 0.4) is 0 Å². The lowest BCUT2D eigenvalue weighted by Crippen LogP contribution is -2.33. The van der Waals surface area contributed by atoms with Crippen molar-refractivity contribution in [3.05, 3.63) is 34.9 Å². The summed E-state index contributed by atoms with van der Waals surface area (Å²) in [5.74, 6) is 0.0618. The highest BCUT2D eigenvalue weighted by atomic mass is 16.4. The van der Waals surface area contributed by atoms with E-state index < -0.39 is 5.97 Å². The average Bonchev–Trinajstić information content (AvgIpc) is 2.43. The van der Waals surface area contributed by atoms with Crippen LogP contribution < -0.4 is 0 Å². The van der Waals surface area contributed by atoms with Crippen molar-refractivity contribution in [2.24, 2.45) is 5.92 Å². The Morgan fingerprint density at radius 1 is 1.35 bits per heavy atom. The summed E-state index contributed by atoms with van der Waals surface area (Å²) >= 11 is 0. The normalized spacial score (nSPS) is 17.3. The summed E-state index contributed by atoms with van der Waals surface area (Å²) < 4.78 is 0. The largest absolute Gasteiger partial charge is 0.478 e. The Balaban J connectivity index is 1.93. The van der Waals surface area contributed by atoms with Gasteiger partial charge in [0.05, 0.1) is 5.56 Å². The number of carboxylic acids is 1. The first-order valence-corrected chi connectivity index (χ1v) is 7.65. The maximum absolute atomic E-state index is 10.9. The first kappa shape index (κ1) is 15.0. The van der Waals surface area contributed by atoms with E-state index in [1.807, 2.05) is 13.0 Å². The van der Waals surface area contributed by atoms with E-state index in [1.54, 1.807) is 12.1 Å². The van der Waals surface area contributed by atoms with Crippen molar-refractivity contribution < 1.29 is 9.90 Å². The van der Waals surface area contributed by atoms with Crippen LogP contribution in [0.4, 0.5) is 0 Å². The Kier molecular flexibility index (Phi) is 5.18. The van der Waals surface area contributed by atoms with Crippen LogP contribution in [0.5, 0.6) is 0 Å². The number of carboxylic acid groups (broad SMARTS) is 1. The van der Waals surface area contributed by atoms with Gasteiger partial charge in [0.1, 0.15) is 0 Å². The monoisotopic (exact) mass is 275 g/mol. The van der Waals surface area contributed by atoms with Crippen LogP contribution >= 0.6 is 0 Å². The molecule has 0 saturated carbocycles. The van der Waals surface area contributed by atoms with Gasteiger partial charge in [0.25, 0.3) is 0 Å². The molecule has 0 radical (unpaired) electrons. The number of benzene rings is 1. The van der Waals surface area contributed by atoms with E-state index in [0.29, 0.717) is 5.56 Å². The molecule has 3 heteroatoms. The van der Waals surface area contributed by atoms with Gasteiger partial charge in [-0.2, -0.15) is 0 Å². The minimum Gasteiger partial charge on any atom is -0.478 e. The second-order valence-electron chi connectivity index (χ2n) is 5.95. The molecular formula is C17H25NO2. The lowest BCUT2D eigenvalue weighted by molar-refractivity contribution is 0.0696. The second-order valence-corrected chi connectivity index (χ2v) is 5.95. The summed E-state index contributed by atoms with van der Waals surface area (Å²) in [4.78, 5) is 13.4. The Labute approximate surface area is 121 Å². The standard InChI is InChI=1S/C17H25NO2/c1-3-4-14-7-9-18(10-8-14)12-16-6-5-15(17(19)20)11-13(16)2/h5-6,11,14H,3-4,7-10,12H2,1-2H3,(H,19,20). The lowest BCUT2D eigenvalue weighted by atomic mass is 9.92. The van der Waals surface area contributed by atoms with Crippen molar-refractivity contribution in [3.8, 4) is 0 Å². The Hall–Kier alpha value is -1.35. The quantitative estimate of drug-likeness (QED) is 0.890. The maximum Gasteiger partial charge on any atom is 0.335 e. The van der Waals surface area contributed by atoms with Gasteiger partial charge in [0.2, 0.25) is 0 Å². The summed E-state index contributed by atoms with van der Waals surface area (Å²) in [6, 6.07) is 5.47. The molecule has 0 unspecified atom stereocenters. The fourth-order valence-electron chi connectivity index (χ4n) is 3.09. The van der Waals surface area contributed by atoms with Gasteiger partial charge < -0.3 is 5.11 Å². The maximum atomic E-state index is 10.9. The summed E-state index contributed by atoms with van der Waals surface area (Å²) in [6.07, 6.45) is 5.26. The van der Waals surface area contributed by atoms with E-state index in [4.69, 9.17) is 5.11 Å². The summed E-state index contributed by atoms with van der Waals surface area (Å²) in [7, 11) is 0. The molecule has 0 spiro atoms. The zero-order chi connectivity index (χ0) is 14.5. The molecule has 1 N–H and O–H groups in total. The molecule has 0 atom stereocenters. The molecule has 1 aliphatic rings. The number of hydrogen-bond donors (Lipinski definition) is 1. The first-order chi connectivity index (χ1) is 9.60. The number of piperidine rings is 1. The van der Waals surface area contributed by atoms with Gasteiger partial charge >= 0.3 is 5.97 Å². The third kappa shape index (κ3) is 3.83. The average molecular weight is 275 g/mol. The highest BCUT2D eigenvalue weighted by molar-refractivity contribution is 5.87. The molecule has 1 saturated heterocycles. The van der Waals surface area contributed by atoms with Crippen LogP contribution in [0.1, 0.15) is 54.1 Å². The van der Waals surface area contributed by atoms with Crippen molar-refractivity contribution >= 4 is 5.97 Å². The van der Waals surface area contributed by atoms with Crippen LogP contribution in [0.2, 0.25) is 0 Å². The van der Waals surface area contributed by atoms with Crippen molar-refractivity contribution in [1.82, 2.24) is 4.90 Å². The molecule has 110 valence electrons. The third-order valence-corrected chi connectivity index (χ3v) is 4.39. The third-order valence-electron chi connectivity index (χ3n) is 4.39. The summed E-state index contributed by atoms with van der Waals surface area (Å²) in [5, 5.41) is 8.99. The topological polar surface area (TPSA) is 40.5 Å². The van der Waals surface area contributed by atoms with Crippen molar-refractivity contribution in [2.75, 3.05) is 13.1 Å². The molecule has 20 heavy (non-hydrogen) atoms. The second kappa shape index (κ2) is 6.89. The Morgan fingerprint density at radius 2 is 2.05 bits per heavy atom. The van der Waals surface area contributed by atoms with E-state index in [9.17, 15) is 4.79 Å². The van der Waals surface area contributed by atoms with Crippen LogP contribution in [-0.4, -0.2) is 29.1 Å². The van der Waals surface area contributed by atoms with E-state index in [1.165, 1.54) is 44.3 Å². The zero-order valence-electron chi connectivity index (χ0n) is 12.6. The number of aryl methyl sites for hydroxylation is 1. The molecular weight excluding hydrogens is 250 g/mol. The minimum absolute atomic E-state index is 0.382. The van der Waals surface area contributed by atoms with Crippen molar-refractivity contribution in [3.63, 3.8) is 0 Å². The number of hydrogen-bond acceptors (Lipinski definition) is 2. The van der Waals surface area contributed by atoms with Gasteiger partial charge in [-0.25, -0.2) is 4.79 Å². The molecule has 0 bridgehead atoms. The van der Waals surface area contributed by atoms with Crippen LogP contribution in [0.25, 0.3) is 0 Å². The van der Waals surface area contributed by atoms with Crippen LogP contribution in [0, 0.1) is 12.8 Å². The Morgan fingerprint density at radius 3 is 2.60 bits per heavy atom. The van der Waals surface area contributed by atoms with Gasteiger partial charge in [-0.05, 0) is 62.0 Å². The smallest absolute Gasteiger partial charge is 0.335 e. The van der Waals surface area contributed by atoms with E-state index in [0.717, 1.165) is 18.0 Å². The summed E-state index contributed by atoms with van der Waals surface area (Å²) in [5.41, 5.74) is 2.72. The van der Waals surface area contributed by atoms with E-state index in [-0.39, 0.29) is 0 Å². The molecule has 1 aromatic carbocycles. The fourth-order valence-corrected chi connectivity index (χ4v) is 3.09. The van der Waals surface area contributed by atoms with Crippen molar-refractivity contribution in [2.45, 2.75) is 46.1 Å². The fraction of sp³-hybridized carbons (Fsp3) is 0.588. The molecule has 2 rings (SSSR count). The van der Waals surface area contributed by atoms with Crippen LogP contribution in [0.15, 0.2) is 18.2 Å². The molecule has 0 amide bonds. The first-order valence-electron chi connectivity index (χ1n) is 7.65. The number of carbonyl (C=O) groups is 1. The van der Waals surface area contributed by atoms with Gasteiger partial charge in [-0.3, -0.25) is 4.90 Å². The zero-order valence-corrected chi connectivity index (χ0v) is 12.6. The molecule has 1 aromatic rings. The predicted molar refractivity (Wildman–Crippen MR) is 81.0 cm³/mol. The number of nitrogens with zero attached hydrogens (tertiary/aromatic N) is 1. The van der Waals surface area contributed by atoms with Gasteiger partial charge in [-0.15, -0.1) is 0 Å². The van der Waals surface area contributed by atoms with Gasteiger partial charge in [-0.1, -0.05) is 25.8 Å². The SMILES string of the molecule is CCCC1CCN(Cc2ccc(C(=O)O)cc2C)CC1. The molecule has 1 fully saturated rings. The molecule has 1 aliphatic heterocycles. The highest BCUT2D eigenvalue weighted by Crippen LogP contribution is 2.23. The number of aromatic carboxylic acids is 1. The van der Waals surface area contributed by atoms with E-state index >= 15 is 0 Å². The highest BCUT2D eigenvalue weighted by Gasteiger charge is 2.19. The number of likely N-dealkylation sites (tertiary alicyclic amines) is 1. The molecule has 0 aromatic heterocycles. The Bertz CT molecular complexity index is 462. The van der Waals surface area contributed by atoms with Gasteiger partial charge in [0, 0.05) is 6.54 Å². The van der Waals surface area contributed by atoms with Gasteiger partial charge in [0.15, 0.2) is 0 Å². The lowest BCUT2D eigenvalue weighted by Gasteiger charge is -2.32. The molecule has 3 nitrogen and oxygen atoms in total. The number of rotatable bonds is 5.